The molecule has 1 aliphatic rings. The van der Waals surface area contributed by atoms with Gasteiger partial charge in [-0.2, -0.15) is 0 Å². The highest BCUT2D eigenvalue weighted by Gasteiger charge is 2.30. The Morgan fingerprint density at radius 1 is 1.56 bits per heavy atom. The summed E-state index contributed by atoms with van der Waals surface area (Å²) in [6.45, 7) is 10.6. The molecule has 0 saturated carbocycles. The summed E-state index contributed by atoms with van der Waals surface area (Å²) in [5, 5.41) is 5.60. The van der Waals surface area contributed by atoms with E-state index in [4.69, 9.17) is 0 Å². The second-order valence-corrected chi connectivity index (χ2v) is 6.89. The van der Waals surface area contributed by atoms with E-state index in [1.807, 2.05) is 11.3 Å². The molecule has 1 aliphatic heterocycles. The van der Waals surface area contributed by atoms with Crippen molar-refractivity contribution in [3.63, 3.8) is 0 Å². The molecule has 0 aliphatic carbocycles. The molecular formula is C15H26N2S. The summed E-state index contributed by atoms with van der Waals surface area (Å²) in [7, 11) is 2.06. The van der Waals surface area contributed by atoms with Gasteiger partial charge in [0, 0.05) is 30.6 Å². The fourth-order valence-corrected chi connectivity index (χ4v) is 3.95. The fraction of sp³-hybridized carbons (Fsp3) is 0.733. The van der Waals surface area contributed by atoms with Crippen LogP contribution in [0.5, 0.6) is 0 Å². The van der Waals surface area contributed by atoms with Gasteiger partial charge >= 0.3 is 0 Å². The van der Waals surface area contributed by atoms with Gasteiger partial charge < -0.3 is 5.32 Å². The monoisotopic (exact) mass is 266 g/mol. The third-order valence-electron chi connectivity index (χ3n) is 4.45. The molecule has 18 heavy (non-hydrogen) atoms. The van der Waals surface area contributed by atoms with Crippen LogP contribution in [0.25, 0.3) is 0 Å². The van der Waals surface area contributed by atoms with Crippen LogP contribution < -0.4 is 5.32 Å². The molecule has 1 aromatic heterocycles. The lowest BCUT2D eigenvalue weighted by molar-refractivity contribution is 0.115. The van der Waals surface area contributed by atoms with Gasteiger partial charge in [-0.15, -0.1) is 11.3 Å². The molecule has 0 fully saturated rings. The molecule has 2 rings (SSSR count). The quantitative estimate of drug-likeness (QED) is 0.879. The van der Waals surface area contributed by atoms with Crippen molar-refractivity contribution < 1.29 is 0 Å². The first-order valence-corrected chi connectivity index (χ1v) is 7.92. The van der Waals surface area contributed by atoms with Crippen LogP contribution in [-0.4, -0.2) is 31.6 Å². The highest BCUT2D eigenvalue weighted by atomic mass is 32.1. The van der Waals surface area contributed by atoms with Crippen LogP contribution in [-0.2, 0) is 6.42 Å². The van der Waals surface area contributed by atoms with Crippen molar-refractivity contribution in [2.75, 3.05) is 26.7 Å². The minimum atomic E-state index is 0.385. The standard InChI is InChI=1S/C15H26N2S/c1-5-15(3,10-16-4)11-17-8-6-14-13(12(17)2)7-9-18-14/h7,9,12,16H,5-6,8,10-11H2,1-4H3. The van der Waals surface area contributed by atoms with Gasteiger partial charge in [-0.25, -0.2) is 0 Å². The minimum absolute atomic E-state index is 0.385. The lowest BCUT2D eigenvalue weighted by Gasteiger charge is -2.40. The summed E-state index contributed by atoms with van der Waals surface area (Å²) in [4.78, 5) is 4.26. The van der Waals surface area contributed by atoms with Crippen LogP contribution in [0, 0.1) is 5.41 Å². The Bertz CT molecular complexity index is 388. The maximum Gasteiger partial charge on any atom is 0.0331 e. The molecule has 2 heterocycles. The van der Waals surface area contributed by atoms with Crippen molar-refractivity contribution in [1.29, 1.82) is 0 Å². The van der Waals surface area contributed by atoms with E-state index in [1.54, 1.807) is 10.4 Å². The Morgan fingerprint density at radius 2 is 2.33 bits per heavy atom. The molecule has 0 spiro atoms. The summed E-state index contributed by atoms with van der Waals surface area (Å²) in [6, 6.07) is 2.90. The van der Waals surface area contributed by atoms with Crippen molar-refractivity contribution in [3.05, 3.63) is 21.9 Å². The lowest BCUT2D eigenvalue weighted by Crippen LogP contribution is -2.44. The minimum Gasteiger partial charge on any atom is -0.319 e. The van der Waals surface area contributed by atoms with Gasteiger partial charge in [-0.1, -0.05) is 13.8 Å². The zero-order chi connectivity index (χ0) is 13.2. The molecular weight excluding hydrogens is 240 g/mol. The third-order valence-corrected chi connectivity index (χ3v) is 5.44. The second-order valence-electron chi connectivity index (χ2n) is 5.89. The molecule has 2 nitrogen and oxygen atoms in total. The first kappa shape index (κ1) is 14.0. The third kappa shape index (κ3) is 2.79. The van der Waals surface area contributed by atoms with Gasteiger partial charge in [0.15, 0.2) is 0 Å². The number of thiophene rings is 1. The van der Waals surface area contributed by atoms with Crippen molar-refractivity contribution in [1.82, 2.24) is 10.2 Å². The number of hydrogen-bond donors (Lipinski definition) is 1. The van der Waals surface area contributed by atoms with E-state index >= 15 is 0 Å². The Morgan fingerprint density at radius 3 is 3.00 bits per heavy atom. The topological polar surface area (TPSA) is 15.3 Å². The molecule has 1 aromatic rings. The van der Waals surface area contributed by atoms with Crippen LogP contribution >= 0.6 is 11.3 Å². The maximum atomic E-state index is 3.35. The van der Waals surface area contributed by atoms with Gasteiger partial charge in [0.05, 0.1) is 0 Å². The molecule has 102 valence electrons. The first-order valence-electron chi connectivity index (χ1n) is 7.04. The molecule has 0 saturated heterocycles. The SMILES string of the molecule is CCC(C)(CNC)CN1CCc2sccc2C1C. The van der Waals surface area contributed by atoms with E-state index in [-0.39, 0.29) is 0 Å². The number of hydrogen-bond acceptors (Lipinski definition) is 3. The Hall–Kier alpha value is -0.380. The number of rotatable bonds is 5. The summed E-state index contributed by atoms with van der Waals surface area (Å²) in [6.07, 6.45) is 2.46. The molecule has 2 unspecified atom stereocenters. The van der Waals surface area contributed by atoms with Crippen molar-refractivity contribution in [3.8, 4) is 0 Å². The largest absolute Gasteiger partial charge is 0.319 e. The van der Waals surface area contributed by atoms with Gasteiger partial charge in [-0.05, 0) is 49.2 Å². The highest BCUT2D eigenvalue weighted by Crippen LogP contribution is 2.35. The Balaban J connectivity index is 2.07. The lowest BCUT2D eigenvalue weighted by atomic mass is 9.85. The van der Waals surface area contributed by atoms with E-state index in [9.17, 15) is 0 Å². The summed E-state index contributed by atoms with van der Waals surface area (Å²) in [5.41, 5.74) is 1.95. The van der Waals surface area contributed by atoms with Gasteiger partial charge in [-0.3, -0.25) is 4.90 Å². The molecule has 0 bridgehead atoms. The van der Waals surface area contributed by atoms with Crippen molar-refractivity contribution >= 4 is 11.3 Å². The predicted octanol–water partition coefficient (Wildman–Crippen LogP) is 3.30. The van der Waals surface area contributed by atoms with Crippen LogP contribution in [0.15, 0.2) is 11.4 Å². The van der Waals surface area contributed by atoms with Gasteiger partial charge in [0.1, 0.15) is 0 Å². The average Bonchev–Trinajstić information content (AvgIpc) is 2.82. The van der Waals surface area contributed by atoms with Crippen LogP contribution in [0.3, 0.4) is 0 Å². The van der Waals surface area contributed by atoms with Gasteiger partial charge in [0.25, 0.3) is 0 Å². The van der Waals surface area contributed by atoms with Crippen LogP contribution in [0.1, 0.15) is 43.7 Å². The van der Waals surface area contributed by atoms with E-state index < -0.39 is 0 Å². The van der Waals surface area contributed by atoms with E-state index in [0.29, 0.717) is 11.5 Å². The zero-order valence-corrected chi connectivity index (χ0v) is 12.9. The number of nitrogens with zero attached hydrogens (tertiary/aromatic N) is 1. The van der Waals surface area contributed by atoms with Crippen molar-refractivity contribution in [2.45, 2.75) is 39.7 Å². The van der Waals surface area contributed by atoms with E-state index in [0.717, 1.165) is 6.54 Å². The van der Waals surface area contributed by atoms with Crippen LogP contribution in [0.2, 0.25) is 0 Å². The summed E-state index contributed by atoms with van der Waals surface area (Å²) in [5.74, 6) is 0. The molecule has 2 atom stereocenters. The molecule has 0 radical (unpaired) electrons. The smallest absolute Gasteiger partial charge is 0.0331 e. The number of nitrogens with one attached hydrogen (secondary N) is 1. The Kier molecular flexibility index (Phi) is 4.46. The maximum absolute atomic E-state index is 3.35. The van der Waals surface area contributed by atoms with E-state index in [2.05, 4.69) is 49.5 Å². The van der Waals surface area contributed by atoms with Crippen molar-refractivity contribution in [2.24, 2.45) is 5.41 Å². The predicted molar refractivity (Wildman–Crippen MR) is 80.3 cm³/mol. The summed E-state index contributed by atoms with van der Waals surface area (Å²) >= 11 is 1.93. The number of fused-ring (bicyclic) bond motifs is 1. The van der Waals surface area contributed by atoms with Gasteiger partial charge in [0.2, 0.25) is 0 Å². The first-order chi connectivity index (χ1) is 8.59. The summed E-state index contributed by atoms with van der Waals surface area (Å²) < 4.78 is 0. The van der Waals surface area contributed by atoms with E-state index in [1.165, 1.54) is 25.9 Å². The molecule has 3 heteroatoms. The molecule has 0 aromatic carbocycles. The average molecular weight is 266 g/mol. The normalized spacial score (nSPS) is 23.7. The second kappa shape index (κ2) is 5.72. The highest BCUT2D eigenvalue weighted by molar-refractivity contribution is 7.10. The molecule has 0 amide bonds. The molecule has 1 N–H and O–H groups in total. The van der Waals surface area contributed by atoms with Crippen LogP contribution in [0.4, 0.5) is 0 Å². The zero-order valence-electron chi connectivity index (χ0n) is 12.1. The Labute approximate surface area is 115 Å². The fourth-order valence-electron chi connectivity index (χ4n) is 2.99.